The minimum Gasteiger partial charge on any atom is -0.379 e. The van der Waals surface area contributed by atoms with Crippen molar-refractivity contribution >= 4 is 16.9 Å². The molecule has 1 heterocycles. The number of aliphatic imine (C=N–C) groups is 1. The van der Waals surface area contributed by atoms with Crippen LogP contribution < -0.4 is 5.73 Å². The van der Waals surface area contributed by atoms with E-state index in [1.807, 2.05) is 0 Å². The lowest BCUT2D eigenvalue weighted by atomic mass is 9.98. The van der Waals surface area contributed by atoms with Crippen LogP contribution in [-0.2, 0) is 0 Å². The topological polar surface area (TPSA) is 38.4 Å². The summed E-state index contributed by atoms with van der Waals surface area (Å²) >= 11 is 1.67. The first-order valence-electron chi connectivity index (χ1n) is 4.84. The van der Waals surface area contributed by atoms with Crippen LogP contribution in [0.4, 0.5) is 0 Å². The molecule has 2 rings (SSSR count). The average Bonchev–Trinajstić information content (AvgIpc) is 2.44. The zero-order valence-electron chi connectivity index (χ0n) is 8.02. The Labute approximate surface area is 88.6 Å². The zero-order chi connectivity index (χ0) is 9.80. The van der Waals surface area contributed by atoms with Crippen molar-refractivity contribution in [1.82, 2.24) is 0 Å². The molecular formula is C11H14N2S. The van der Waals surface area contributed by atoms with Crippen molar-refractivity contribution in [3.63, 3.8) is 0 Å². The van der Waals surface area contributed by atoms with Crippen LogP contribution in [0.2, 0.25) is 0 Å². The van der Waals surface area contributed by atoms with Gasteiger partial charge in [0.15, 0.2) is 5.17 Å². The SMILES string of the molecule is NC1=NCCC(c2ccccc2)CS1. The highest BCUT2D eigenvalue weighted by molar-refractivity contribution is 8.13. The molecule has 0 aliphatic carbocycles. The normalized spacial score (nSPS) is 22.6. The summed E-state index contributed by atoms with van der Waals surface area (Å²) in [6.07, 6.45) is 1.11. The Bertz CT molecular complexity index is 321. The van der Waals surface area contributed by atoms with Gasteiger partial charge in [-0.25, -0.2) is 0 Å². The molecule has 3 heteroatoms. The van der Waals surface area contributed by atoms with Crippen LogP contribution in [0.15, 0.2) is 35.3 Å². The fraction of sp³-hybridized carbons (Fsp3) is 0.364. The molecule has 1 unspecified atom stereocenters. The number of benzene rings is 1. The first kappa shape index (κ1) is 9.59. The largest absolute Gasteiger partial charge is 0.379 e. The smallest absolute Gasteiger partial charge is 0.153 e. The van der Waals surface area contributed by atoms with Crippen molar-refractivity contribution in [2.24, 2.45) is 10.7 Å². The average molecular weight is 206 g/mol. The van der Waals surface area contributed by atoms with Gasteiger partial charge >= 0.3 is 0 Å². The van der Waals surface area contributed by atoms with E-state index in [1.54, 1.807) is 11.8 Å². The van der Waals surface area contributed by atoms with Gasteiger partial charge in [-0.2, -0.15) is 0 Å². The minimum atomic E-state index is 0.603. The molecule has 1 atom stereocenters. The number of nitrogens with two attached hydrogens (primary N) is 1. The van der Waals surface area contributed by atoms with Gasteiger partial charge in [0.1, 0.15) is 0 Å². The Morgan fingerprint density at radius 3 is 2.86 bits per heavy atom. The molecule has 74 valence electrons. The van der Waals surface area contributed by atoms with Gasteiger partial charge in [0.2, 0.25) is 0 Å². The number of amidine groups is 1. The second-order valence-electron chi connectivity index (χ2n) is 3.43. The summed E-state index contributed by atoms with van der Waals surface area (Å²) in [5.41, 5.74) is 7.10. The van der Waals surface area contributed by atoms with Gasteiger partial charge < -0.3 is 5.73 Å². The van der Waals surface area contributed by atoms with Crippen molar-refractivity contribution in [1.29, 1.82) is 0 Å². The van der Waals surface area contributed by atoms with Crippen molar-refractivity contribution in [2.45, 2.75) is 12.3 Å². The van der Waals surface area contributed by atoms with Crippen LogP contribution >= 0.6 is 11.8 Å². The second-order valence-corrected chi connectivity index (χ2v) is 4.47. The lowest BCUT2D eigenvalue weighted by Crippen LogP contribution is -2.07. The monoisotopic (exact) mass is 206 g/mol. The quantitative estimate of drug-likeness (QED) is 0.765. The van der Waals surface area contributed by atoms with Gasteiger partial charge in [-0.3, -0.25) is 4.99 Å². The zero-order valence-corrected chi connectivity index (χ0v) is 8.83. The maximum absolute atomic E-state index is 5.69. The molecule has 0 amide bonds. The summed E-state index contributed by atoms with van der Waals surface area (Å²) in [5.74, 6) is 1.66. The van der Waals surface area contributed by atoms with Gasteiger partial charge in [0.05, 0.1) is 0 Å². The summed E-state index contributed by atoms with van der Waals surface area (Å²) in [7, 11) is 0. The highest BCUT2D eigenvalue weighted by atomic mass is 32.2. The predicted octanol–water partition coefficient (Wildman–Crippen LogP) is 2.22. The minimum absolute atomic E-state index is 0.603. The molecule has 1 aromatic rings. The number of nitrogens with zero attached hydrogens (tertiary/aromatic N) is 1. The van der Waals surface area contributed by atoms with E-state index < -0.39 is 0 Å². The van der Waals surface area contributed by atoms with Crippen molar-refractivity contribution in [3.8, 4) is 0 Å². The molecular weight excluding hydrogens is 192 g/mol. The number of hydrogen-bond acceptors (Lipinski definition) is 3. The summed E-state index contributed by atoms with van der Waals surface area (Å²) in [6.45, 7) is 0.860. The van der Waals surface area contributed by atoms with Crippen LogP contribution in [0.1, 0.15) is 17.9 Å². The fourth-order valence-electron chi connectivity index (χ4n) is 1.63. The second kappa shape index (κ2) is 4.51. The lowest BCUT2D eigenvalue weighted by molar-refractivity contribution is 0.705. The Morgan fingerprint density at radius 1 is 1.29 bits per heavy atom. The third kappa shape index (κ3) is 2.29. The third-order valence-electron chi connectivity index (χ3n) is 2.45. The maximum Gasteiger partial charge on any atom is 0.153 e. The maximum atomic E-state index is 5.69. The Hall–Kier alpha value is -0.960. The molecule has 0 fully saturated rings. The van der Waals surface area contributed by atoms with Crippen molar-refractivity contribution in [2.75, 3.05) is 12.3 Å². The van der Waals surface area contributed by atoms with Gasteiger partial charge in [0.25, 0.3) is 0 Å². The molecule has 0 saturated heterocycles. The molecule has 0 spiro atoms. The highest BCUT2D eigenvalue weighted by Gasteiger charge is 2.14. The molecule has 1 aliphatic rings. The van der Waals surface area contributed by atoms with Crippen LogP contribution in [0.3, 0.4) is 0 Å². The Balaban J connectivity index is 2.07. The summed E-state index contributed by atoms with van der Waals surface area (Å²) in [5, 5.41) is 0.739. The molecule has 1 aliphatic heterocycles. The van der Waals surface area contributed by atoms with E-state index in [-0.39, 0.29) is 0 Å². The van der Waals surface area contributed by atoms with E-state index in [4.69, 9.17) is 5.73 Å². The van der Waals surface area contributed by atoms with Gasteiger partial charge in [-0.1, -0.05) is 42.1 Å². The number of rotatable bonds is 1. The van der Waals surface area contributed by atoms with Crippen molar-refractivity contribution in [3.05, 3.63) is 35.9 Å². The number of hydrogen-bond donors (Lipinski definition) is 1. The summed E-state index contributed by atoms with van der Waals surface area (Å²) in [4.78, 5) is 4.26. The van der Waals surface area contributed by atoms with Gasteiger partial charge in [-0.05, 0) is 17.9 Å². The lowest BCUT2D eigenvalue weighted by Gasteiger charge is -2.12. The van der Waals surface area contributed by atoms with E-state index in [2.05, 4.69) is 35.3 Å². The molecule has 2 N–H and O–H groups in total. The van der Waals surface area contributed by atoms with E-state index >= 15 is 0 Å². The molecule has 0 aromatic heterocycles. The van der Waals surface area contributed by atoms with E-state index in [9.17, 15) is 0 Å². The van der Waals surface area contributed by atoms with E-state index in [0.717, 1.165) is 23.9 Å². The first-order valence-corrected chi connectivity index (χ1v) is 5.82. The number of thioether (sulfide) groups is 1. The van der Waals surface area contributed by atoms with Crippen LogP contribution in [0.25, 0.3) is 0 Å². The third-order valence-corrected chi connectivity index (χ3v) is 3.44. The first-order chi connectivity index (χ1) is 6.86. The Kier molecular flexibility index (Phi) is 3.09. The van der Waals surface area contributed by atoms with E-state index in [1.165, 1.54) is 5.56 Å². The van der Waals surface area contributed by atoms with Gasteiger partial charge in [0, 0.05) is 12.3 Å². The van der Waals surface area contributed by atoms with Crippen LogP contribution in [-0.4, -0.2) is 17.5 Å². The fourth-order valence-corrected chi connectivity index (χ4v) is 2.55. The van der Waals surface area contributed by atoms with Crippen LogP contribution in [0.5, 0.6) is 0 Å². The predicted molar refractivity (Wildman–Crippen MR) is 62.7 cm³/mol. The van der Waals surface area contributed by atoms with Crippen molar-refractivity contribution < 1.29 is 0 Å². The summed E-state index contributed by atoms with van der Waals surface area (Å²) < 4.78 is 0. The van der Waals surface area contributed by atoms with Crippen LogP contribution in [0, 0.1) is 0 Å². The highest BCUT2D eigenvalue weighted by Crippen LogP contribution is 2.26. The standard InChI is InChI=1S/C11H14N2S/c12-11-13-7-6-10(8-14-11)9-4-2-1-3-5-9/h1-5,10H,6-8H2,(H2,12,13). The van der Waals surface area contributed by atoms with E-state index in [0.29, 0.717) is 5.92 Å². The summed E-state index contributed by atoms with van der Waals surface area (Å²) in [6, 6.07) is 10.6. The molecule has 2 nitrogen and oxygen atoms in total. The Morgan fingerprint density at radius 2 is 2.07 bits per heavy atom. The molecule has 1 aromatic carbocycles. The molecule has 0 radical (unpaired) electrons. The van der Waals surface area contributed by atoms with Gasteiger partial charge in [-0.15, -0.1) is 0 Å². The molecule has 0 bridgehead atoms. The molecule has 14 heavy (non-hydrogen) atoms. The molecule has 0 saturated carbocycles.